The standard InChI is InChI=1S/C11H19N3O2.ClH/c1-14-5-4-9(11(14)16)13-10(15)7-12-6-8-2-3-8;/h8-9,12H,2-7H2,1H3,(H,13,15);1H. The number of likely N-dealkylation sites (N-methyl/N-ethyl adjacent to an activating group) is 1. The Morgan fingerprint density at radius 3 is 2.65 bits per heavy atom. The van der Waals surface area contributed by atoms with Crippen LogP contribution in [0.3, 0.4) is 0 Å². The molecule has 17 heavy (non-hydrogen) atoms. The van der Waals surface area contributed by atoms with Crippen molar-refractivity contribution in [1.82, 2.24) is 15.5 Å². The van der Waals surface area contributed by atoms with Gasteiger partial charge in [0.25, 0.3) is 0 Å². The Balaban J connectivity index is 0.00000144. The van der Waals surface area contributed by atoms with E-state index in [1.807, 2.05) is 0 Å². The van der Waals surface area contributed by atoms with E-state index in [1.165, 1.54) is 12.8 Å². The van der Waals surface area contributed by atoms with Gasteiger partial charge >= 0.3 is 0 Å². The molecule has 0 aromatic heterocycles. The van der Waals surface area contributed by atoms with Crippen molar-refractivity contribution >= 4 is 24.2 Å². The van der Waals surface area contributed by atoms with Crippen molar-refractivity contribution in [3.63, 3.8) is 0 Å². The normalized spacial score (nSPS) is 23.5. The van der Waals surface area contributed by atoms with Gasteiger partial charge in [-0.1, -0.05) is 0 Å². The Hall–Kier alpha value is -0.810. The van der Waals surface area contributed by atoms with E-state index in [1.54, 1.807) is 11.9 Å². The van der Waals surface area contributed by atoms with Crippen LogP contribution in [0.5, 0.6) is 0 Å². The number of rotatable bonds is 5. The molecule has 0 radical (unpaired) electrons. The molecule has 1 saturated heterocycles. The fourth-order valence-electron chi connectivity index (χ4n) is 1.91. The fraction of sp³-hybridized carbons (Fsp3) is 0.818. The van der Waals surface area contributed by atoms with E-state index in [-0.39, 0.29) is 30.3 Å². The second-order valence-corrected chi connectivity index (χ2v) is 4.74. The lowest BCUT2D eigenvalue weighted by Crippen LogP contribution is -2.44. The van der Waals surface area contributed by atoms with E-state index >= 15 is 0 Å². The summed E-state index contributed by atoms with van der Waals surface area (Å²) in [6, 6.07) is -0.305. The second-order valence-electron chi connectivity index (χ2n) is 4.74. The number of nitrogens with one attached hydrogen (secondary N) is 2. The van der Waals surface area contributed by atoms with Crippen LogP contribution in [0.2, 0.25) is 0 Å². The highest BCUT2D eigenvalue weighted by Crippen LogP contribution is 2.27. The Labute approximate surface area is 108 Å². The summed E-state index contributed by atoms with van der Waals surface area (Å²) in [5.74, 6) is 0.719. The van der Waals surface area contributed by atoms with Gasteiger partial charge < -0.3 is 15.5 Å². The molecule has 0 aromatic carbocycles. The third-order valence-electron chi connectivity index (χ3n) is 3.18. The predicted octanol–water partition coefficient (Wildman–Crippen LogP) is -0.245. The van der Waals surface area contributed by atoms with Gasteiger partial charge in [0.05, 0.1) is 6.54 Å². The van der Waals surface area contributed by atoms with Gasteiger partial charge in [0.15, 0.2) is 0 Å². The quantitative estimate of drug-likeness (QED) is 0.718. The largest absolute Gasteiger partial charge is 0.344 e. The van der Waals surface area contributed by atoms with Crippen molar-refractivity contribution in [2.45, 2.75) is 25.3 Å². The lowest BCUT2D eigenvalue weighted by Gasteiger charge is -2.12. The minimum absolute atomic E-state index is 0. The van der Waals surface area contributed by atoms with E-state index in [4.69, 9.17) is 0 Å². The van der Waals surface area contributed by atoms with Gasteiger partial charge in [-0.2, -0.15) is 0 Å². The van der Waals surface area contributed by atoms with Gasteiger partial charge in [-0.05, 0) is 31.7 Å². The zero-order chi connectivity index (χ0) is 11.5. The van der Waals surface area contributed by atoms with Crippen molar-refractivity contribution in [3.05, 3.63) is 0 Å². The molecule has 1 aliphatic heterocycles. The number of hydrogen-bond donors (Lipinski definition) is 2. The third kappa shape index (κ3) is 4.16. The number of nitrogens with zero attached hydrogens (tertiary/aromatic N) is 1. The molecule has 1 unspecified atom stereocenters. The molecule has 0 bridgehead atoms. The Bertz CT molecular complexity index is 294. The first-order valence-corrected chi connectivity index (χ1v) is 5.92. The molecule has 1 heterocycles. The van der Waals surface area contributed by atoms with E-state index in [9.17, 15) is 9.59 Å². The van der Waals surface area contributed by atoms with Crippen LogP contribution < -0.4 is 10.6 Å². The van der Waals surface area contributed by atoms with Crippen LogP contribution in [0.1, 0.15) is 19.3 Å². The second kappa shape index (κ2) is 6.21. The molecule has 2 rings (SSSR count). The van der Waals surface area contributed by atoms with Gasteiger partial charge in [0.1, 0.15) is 6.04 Å². The van der Waals surface area contributed by atoms with Gasteiger partial charge in [-0.15, -0.1) is 12.4 Å². The lowest BCUT2D eigenvalue weighted by molar-refractivity contribution is -0.131. The zero-order valence-corrected chi connectivity index (χ0v) is 10.9. The Morgan fingerprint density at radius 2 is 2.12 bits per heavy atom. The maximum Gasteiger partial charge on any atom is 0.244 e. The summed E-state index contributed by atoms with van der Waals surface area (Å²) in [6.07, 6.45) is 3.28. The highest BCUT2D eigenvalue weighted by atomic mass is 35.5. The summed E-state index contributed by atoms with van der Waals surface area (Å²) in [4.78, 5) is 24.7. The average Bonchev–Trinajstić information content (AvgIpc) is 3.01. The molecule has 1 atom stereocenters. The van der Waals surface area contributed by atoms with Gasteiger partial charge in [-0.25, -0.2) is 0 Å². The molecule has 2 aliphatic rings. The Kier molecular flexibility index (Phi) is 5.21. The molecule has 6 heteroatoms. The summed E-state index contributed by atoms with van der Waals surface area (Å²) in [6.45, 7) is 1.98. The monoisotopic (exact) mass is 261 g/mol. The molecule has 2 amide bonds. The molecule has 2 fully saturated rings. The van der Waals surface area contributed by atoms with Crippen LogP contribution in [0, 0.1) is 5.92 Å². The molecule has 0 aromatic rings. The van der Waals surface area contributed by atoms with Crippen LogP contribution in [-0.4, -0.2) is 49.4 Å². The van der Waals surface area contributed by atoms with Crippen LogP contribution in [0.4, 0.5) is 0 Å². The smallest absolute Gasteiger partial charge is 0.244 e. The SMILES string of the molecule is CN1CCC(NC(=O)CNCC2CC2)C1=O.Cl. The summed E-state index contributed by atoms with van der Waals surface area (Å²) in [7, 11) is 1.76. The van der Waals surface area contributed by atoms with E-state index in [0.29, 0.717) is 6.54 Å². The first-order valence-electron chi connectivity index (χ1n) is 5.92. The van der Waals surface area contributed by atoms with Crippen LogP contribution in [0.25, 0.3) is 0 Å². The van der Waals surface area contributed by atoms with E-state index in [0.717, 1.165) is 25.4 Å². The summed E-state index contributed by atoms with van der Waals surface area (Å²) in [5, 5.41) is 5.87. The van der Waals surface area contributed by atoms with Crippen LogP contribution in [0.15, 0.2) is 0 Å². The van der Waals surface area contributed by atoms with E-state index < -0.39 is 0 Å². The van der Waals surface area contributed by atoms with Crippen LogP contribution >= 0.6 is 12.4 Å². The van der Waals surface area contributed by atoms with Crippen molar-refractivity contribution in [3.8, 4) is 0 Å². The highest BCUT2D eigenvalue weighted by molar-refractivity contribution is 5.89. The maximum absolute atomic E-state index is 11.5. The third-order valence-corrected chi connectivity index (χ3v) is 3.18. The molecule has 5 nitrogen and oxygen atoms in total. The number of carbonyl (C=O) groups excluding carboxylic acids is 2. The summed E-state index contributed by atoms with van der Waals surface area (Å²) >= 11 is 0. The number of halogens is 1. The van der Waals surface area contributed by atoms with Crippen molar-refractivity contribution in [1.29, 1.82) is 0 Å². The van der Waals surface area contributed by atoms with E-state index in [2.05, 4.69) is 10.6 Å². The molecule has 1 saturated carbocycles. The van der Waals surface area contributed by atoms with Crippen LogP contribution in [-0.2, 0) is 9.59 Å². The number of carbonyl (C=O) groups is 2. The fourth-order valence-corrected chi connectivity index (χ4v) is 1.91. The molecule has 1 aliphatic carbocycles. The van der Waals surface area contributed by atoms with Crippen molar-refractivity contribution in [2.24, 2.45) is 5.92 Å². The number of likely N-dealkylation sites (tertiary alicyclic amines) is 1. The molecule has 98 valence electrons. The first-order chi connectivity index (χ1) is 7.66. The first kappa shape index (κ1) is 14.3. The molecular weight excluding hydrogens is 242 g/mol. The number of hydrogen-bond acceptors (Lipinski definition) is 3. The highest BCUT2D eigenvalue weighted by Gasteiger charge is 2.30. The van der Waals surface area contributed by atoms with Crippen molar-refractivity contribution < 1.29 is 9.59 Å². The minimum Gasteiger partial charge on any atom is -0.344 e. The zero-order valence-electron chi connectivity index (χ0n) is 10.1. The van der Waals surface area contributed by atoms with Gasteiger partial charge in [0.2, 0.25) is 11.8 Å². The summed E-state index contributed by atoms with van der Waals surface area (Å²) in [5.41, 5.74) is 0. The Morgan fingerprint density at radius 1 is 1.41 bits per heavy atom. The molecule has 0 spiro atoms. The predicted molar refractivity (Wildman–Crippen MR) is 67.0 cm³/mol. The van der Waals surface area contributed by atoms with Gasteiger partial charge in [-0.3, -0.25) is 9.59 Å². The number of amides is 2. The minimum atomic E-state index is -0.305. The maximum atomic E-state index is 11.5. The topological polar surface area (TPSA) is 61.4 Å². The average molecular weight is 262 g/mol. The van der Waals surface area contributed by atoms with Crippen molar-refractivity contribution in [2.75, 3.05) is 26.7 Å². The summed E-state index contributed by atoms with van der Waals surface area (Å²) < 4.78 is 0. The molecule has 2 N–H and O–H groups in total. The molecular formula is C11H20ClN3O2. The van der Waals surface area contributed by atoms with Gasteiger partial charge in [0, 0.05) is 13.6 Å². The lowest BCUT2D eigenvalue weighted by atomic mass is 10.2.